The smallest absolute Gasteiger partial charge is 0.410 e. The van der Waals surface area contributed by atoms with Crippen molar-refractivity contribution in [2.45, 2.75) is 77.5 Å². The van der Waals surface area contributed by atoms with Gasteiger partial charge in [-0.3, -0.25) is 0 Å². The molecule has 0 aromatic carbocycles. The molecule has 162 valence electrons. The van der Waals surface area contributed by atoms with E-state index in [0.29, 0.717) is 18.6 Å². The topological polar surface area (TPSA) is 64.5 Å². The highest BCUT2D eigenvalue weighted by Gasteiger charge is 2.43. The number of amides is 1. The molecule has 4 rings (SSSR count). The van der Waals surface area contributed by atoms with Crippen LogP contribution in [0.1, 0.15) is 59.3 Å². The fourth-order valence-corrected chi connectivity index (χ4v) is 4.47. The largest absolute Gasteiger partial charge is 0.447 e. The minimum atomic E-state index is -0.400. The maximum absolute atomic E-state index is 12.3. The molecule has 2 aliphatic carbocycles. The van der Waals surface area contributed by atoms with Gasteiger partial charge >= 0.3 is 6.09 Å². The molecule has 1 aromatic rings. The number of halogens is 1. The molecule has 0 radical (unpaired) electrons. The molecule has 1 saturated heterocycles. The molecule has 0 bridgehead atoms. The van der Waals surface area contributed by atoms with Gasteiger partial charge in [0.15, 0.2) is 5.82 Å². The van der Waals surface area contributed by atoms with Crippen LogP contribution in [0.25, 0.3) is 0 Å². The van der Waals surface area contributed by atoms with Crippen LogP contribution in [-0.4, -0.2) is 52.4 Å². The molecular weight excluding hydrogens is 373 g/mol. The molecule has 2 saturated carbocycles. The van der Waals surface area contributed by atoms with E-state index in [1.807, 2.05) is 18.7 Å². The summed E-state index contributed by atoms with van der Waals surface area (Å²) < 4.78 is 23.4. The van der Waals surface area contributed by atoms with E-state index < -0.39 is 5.82 Å². The van der Waals surface area contributed by atoms with E-state index in [-0.39, 0.29) is 18.2 Å². The Morgan fingerprint density at radius 3 is 2.59 bits per heavy atom. The first-order valence-electron chi connectivity index (χ1n) is 10.9. The molecule has 0 N–H and O–H groups in total. The van der Waals surface area contributed by atoms with Crippen molar-refractivity contribution >= 4 is 6.09 Å². The normalized spacial score (nSPS) is 30.8. The van der Waals surface area contributed by atoms with Crippen molar-refractivity contribution in [2.24, 2.45) is 17.8 Å². The predicted octanol–water partition coefficient (Wildman–Crippen LogP) is 4.45. The van der Waals surface area contributed by atoms with E-state index in [0.717, 1.165) is 37.2 Å². The van der Waals surface area contributed by atoms with Crippen molar-refractivity contribution in [1.82, 2.24) is 14.9 Å². The Hall–Kier alpha value is -1.76. The van der Waals surface area contributed by atoms with Gasteiger partial charge in [-0.05, 0) is 70.1 Å². The number of carbonyl (C=O) groups is 1. The van der Waals surface area contributed by atoms with E-state index in [2.05, 4.69) is 16.9 Å². The predicted molar refractivity (Wildman–Crippen MR) is 108 cm³/mol. The molecule has 3 fully saturated rings. The third kappa shape index (κ3) is 6.63. The summed E-state index contributed by atoms with van der Waals surface area (Å²) in [6.45, 7) is 7.53. The lowest BCUT2D eigenvalue weighted by Gasteiger charge is -2.40. The van der Waals surface area contributed by atoms with Gasteiger partial charge in [0, 0.05) is 6.54 Å². The summed E-state index contributed by atoms with van der Waals surface area (Å²) in [5.41, 5.74) is 0. The second-order valence-electron chi connectivity index (χ2n) is 8.89. The molecule has 1 amide bonds. The van der Waals surface area contributed by atoms with Crippen LogP contribution in [-0.2, 0) is 9.47 Å². The Morgan fingerprint density at radius 1 is 1.21 bits per heavy atom. The number of piperidine rings is 1. The maximum atomic E-state index is 12.3. The van der Waals surface area contributed by atoms with E-state index in [4.69, 9.17) is 9.47 Å². The molecule has 7 heteroatoms. The van der Waals surface area contributed by atoms with Gasteiger partial charge in [-0.25, -0.2) is 19.2 Å². The van der Waals surface area contributed by atoms with Crippen molar-refractivity contribution in [3.05, 3.63) is 24.5 Å². The van der Waals surface area contributed by atoms with Crippen LogP contribution in [0, 0.1) is 23.6 Å². The number of hydrogen-bond acceptors (Lipinski definition) is 5. The fraction of sp³-hybridized carbons (Fsp3) is 0.773. The number of likely N-dealkylation sites (tertiary alicyclic amines) is 1. The van der Waals surface area contributed by atoms with Crippen molar-refractivity contribution < 1.29 is 18.7 Å². The van der Waals surface area contributed by atoms with Crippen LogP contribution >= 0.6 is 0 Å². The summed E-state index contributed by atoms with van der Waals surface area (Å²) in [7, 11) is 0. The van der Waals surface area contributed by atoms with Gasteiger partial charge in [-0.2, -0.15) is 0 Å². The van der Waals surface area contributed by atoms with Crippen LogP contribution < -0.4 is 0 Å². The van der Waals surface area contributed by atoms with Crippen LogP contribution in [0.4, 0.5) is 9.18 Å². The molecule has 0 spiro atoms. The molecule has 2 heterocycles. The van der Waals surface area contributed by atoms with Crippen LogP contribution in [0.5, 0.6) is 0 Å². The number of carbonyl (C=O) groups excluding carboxylic acids is 1. The van der Waals surface area contributed by atoms with Gasteiger partial charge in [0.25, 0.3) is 0 Å². The Bertz CT molecular complexity index is 645. The quantitative estimate of drug-likeness (QED) is 0.738. The molecule has 3 unspecified atom stereocenters. The number of hydrogen-bond donors (Lipinski definition) is 0. The first-order chi connectivity index (χ1) is 13.9. The van der Waals surface area contributed by atoms with Crippen molar-refractivity contribution in [1.29, 1.82) is 0 Å². The second-order valence-corrected chi connectivity index (χ2v) is 8.89. The van der Waals surface area contributed by atoms with Gasteiger partial charge < -0.3 is 14.4 Å². The molecular formula is C22H34FN3O3. The van der Waals surface area contributed by atoms with Gasteiger partial charge in [0.05, 0.1) is 37.3 Å². The Kier molecular flexibility index (Phi) is 7.81. The summed E-state index contributed by atoms with van der Waals surface area (Å²) in [6, 6.07) is 0.178. The van der Waals surface area contributed by atoms with Gasteiger partial charge in [0.2, 0.25) is 0 Å². The molecule has 3 aliphatic rings. The lowest BCUT2D eigenvalue weighted by atomic mass is 9.91. The van der Waals surface area contributed by atoms with Gasteiger partial charge in [0.1, 0.15) is 6.33 Å². The van der Waals surface area contributed by atoms with E-state index in [1.165, 1.54) is 38.4 Å². The lowest BCUT2D eigenvalue weighted by Crippen LogP contribution is -2.51. The Labute approximate surface area is 173 Å². The Balaban J connectivity index is 0.000000290. The van der Waals surface area contributed by atoms with Crippen LogP contribution in [0.15, 0.2) is 18.7 Å². The monoisotopic (exact) mass is 407 g/mol. The SMILES string of the molecule is CC(C)OC(=O)N1CCC[C@H](C)[C@@H]1COC1CCC2CC2C1.Fc1cncnc1. The highest BCUT2D eigenvalue weighted by molar-refractivity contribution is 5.68. The number of ether oxygens (including phenoxy) is 2. The van der Waals surface area contributed by atoms with Crippen molar-refractivity contribution in [3.63, 3.8) is 0 Å². The lowest BCUT2D eigenvalue weighted by molar-refractivity contribution is -0.0361. The van der Waals surface area contributed by atoms with E-state index >= 15 is 0 Å². The zero-order valence-corrected chi connectivity index (χ0v) is 17.8. The number of rotatable bonds is 4. The average Bonchev–Trinajstić information content (AvgIpc) is 3.46. The van der Waals surface area contributed by atoms with E-state index in [9.17, 15) is 9.18 Å². The molecule has 1 aliphatic heterocycles. The molecule has 6 nitrogen and oxygen atoms in total. The minimum Gasteiger partial charge on any atom is -0.447 e. The molecule has 5 atom stereocenters. The minimum absolute atomic E-state index is 0.0588. The summed E-state index contributed by atoms with van der Waals surface area (Å²) in [4.78, 5) is 21.0. The van der Waals surface area contributed by atoms with E-state index in [1.54, 1.807) is 0 Å². The number of nitrogens with zero attached hydrogens (tertiary/aromatic N) is 3. The summed E-state index contributed by atoms with van der Waals surface area (Å²) >= 11 is 0. The van der Waals surface area contributed by atoms with Crippen LogP contribution in [0.3, 0.4) is 0 Å². The third-order valence-electron chi connectivity index (χ3n) is 6.21. The average molecular weight is 408 g/mol. The molecule has 1 aromatic heterocycles. The summed E-state index contributed by atoms with van der Waals surface area (Å²) in [5.74, 6) is 2.03. The van der Waals surface area contributed by atoms with Crippen molar-refractivity contribution in [3.8, 4) is 0 Å². The Morgan fingerprint density at radius 2 is 1.97 bits per heavy atom. The summed E-state index contributed by atoms with van der Waals surface area (Å²) in [6.07, 6.45) is 11.1. The highest BCUT2D eigenvalue weighted by atomic mass is 19.1. The first kappa shape index (κ1) is 21.9. The first-order valence-corrected chi connectivity index (χ1v) is 10.9. The third-order valence-corrected chi connectivity index (χ3v) is 6.21. The van der Waals surface area contributed by atoms with Gasteiger partial charge in [-0.1, -0.05) is 6.92 Å². The number of aromatic nitrogens is 2. The van der Waals surface area contributed by atoms with Crippen molar-refractivity contribution in [2.75, 3.05) is 13.2 Å². The zero-order valence-electron chi connectivity index (χ0n) is 17.8. The van der Waals surface area contributed by atoms with Crippen LogP contribution in [0.2, 0.25) is 0 Å². The summed E-state index contributed by atoms with van der Waals surface area (Å²) in [5, 5.41) is 0. The molecule has 29 heavy (non-hydrogen) atoms. The maximum Gasteiger partial charge on any atom is 0.410 e. The fourth-order valence-electron chi connectivity index (χ4n) is 4.47. The highest BCUT2D eigenvalue weighted by Crippen LogP contribution is 2.50. The van der Waals surface area contributed by atoms with Gasteiger partial charge in [-0.15, -0.1) is 0 Å². The standard InChI is InChI=1S/C18H31NO3.C4H3FN2/c1-12(2)22-18(20)19-8-4-5-13(3)17(19)11-21-16-7-6-14-9-15(14)10-16;5-4-1-6-3-7-2-4/h12-17H,4-11H2,1-3H3;1-3H/t13-,14?,15?,16?,17-;/m0./s1. The second kappa shape index (κ2) is 10.3. The number of fused-ring (bicyclic) bond motifs is 1. The zero-order chi connectivity index (χ0) is 20.8.